The first-order chi connectivity index (χ1) is 44.7. The van der Waals surface area contributed by atoms with Crippen LogP contribution in [0.4, 0.5) is 71.0 Å². The first-order valence-corrected chi connectivity index (χ1v) is 32.1. The van der Waals surface area contributed by atoms with E-state index in [0.717, 1.165) is 97.0 Å². The first kappa shape index (κ1) is 74.9. The molecule has 30 heteroatoms. The van der Waals surface area contributed by atoms with Crippen molar-refractivity contribution in [3.8, 4) is 0 Å². The van der Waals surface area contributed by atoms with Gasteiger partial charge < -0.3 is 58.6 Å². The molecule has 3 aromatic carbocycles. The second-order valence-electron chi connectivity index (χ2n) is 24.9. The number of amides is 3. The molecule has 0 aliphatic carbocycles. The third kappa shape index (κ3) is 21.0. The van der Waals surface area contributed by atoms with Crippen molar-refractivity contribution >= 4 is 53.2 Å². The van der Waals surface area contributed by atoms with E-state index in [9.17, 15) is 78.5 Å². The summed E-state index contributed by atoms with van der Waals surface area (Å²) in [5.41, 5.74) is 9.33. The van der Waals surface area contributed by atoms with Crippen LogP contribution < -0.4 is 14.7 Å². The molecule has 3 aromatic rings. The number of carbonyl (C=O) groups is 6. The summed E-state index contributed by atoms with van der Waals surface area (Å²) in [6.45, 7) is 20.2. The van der Waals surface area contributed by atoms with Gasteiger partial charge >= 0.3 is 54.7 Å². The van der Waals surface area contributed by atoms with E-state index in [0.29, 0.717) is 124 Å². The normalized spacial score (nSPS) is 21.0. The van der Waals surface area contributed by atoms with Gasteiger partial charge in [0.2, 0.25) is 0 Å². The lowest BCUT2D eigenvalue weighted by molar-refractivity contribution is -0.200. The fourth-order valence-corrected chi connectivity index (χ4v) is 12.2. The Morgan fingerprint density at radius 1 is 0.463 bits per heavy atom. The van der Waals surface area contributed by atoms with Crippen molar-refractivity contribution in [2.75, 3.05) is 126 Å². The molecule has 6 aliphatic rings. The Balaban J connectivity index is 0.000000201. The third-order valence-corrected chi connectivity index (χ3v) is 18.0. The predicted octanol–water partition coefficient (Wildman–Crippen LogP) is 10.1. The monoisotopic (exact) mass is 1360 g/mol. The number of piperazine rings is 3. The van der Waals surface area contributed by atoms with Crippen LogP contribution in [0.5, 0.6) is 0 Å². The molecule has 6 unspecified atom stereocenters. The Morgan fingerprint density at radius 3 is 1.13 bits per heavy atom. The number of aliphatic carboxylic acids is 2. The number of rotatable bonds is 16. The molecular formula is C65H88F9N9O12. The van der Waals surface area contributed by atoms with Gasteiger partial charge in [0.05, 0.1) is 12.5 Å². The number of esters is 1. The van der Waals surface area contributed by atoms with E-state index in [2.05, 4.69) is 50.8 Å². The van der Waals surface area contributed by atoms with Crippen LogP contribution in [0.25, 0.3) is 0 Å². The van der Waals surface area contributed by atoms with E-state index in [1.165, 1.54) is 14.7 Å². The Kier molecular flexibility index (Phi) is 26.0. The molecule has 6 atom stereocenters. The largest absolute Gasteiger partial charge is 0.481 e. The highest BCUT2D eigenvalue weighted by molar-refractivity contribution is 5.82. The Labute approximate surface area is 547 Å². The summed E-state index contributed by atoms with van der Waals surface area (Å²) < 4.78 is 132. The summed E-state index contributed by atoms with van der Waals surface area (Å²) in [6, 6.07) is 17.5. The van der Waals surface area contributed by atoms with Crippen molar-refractivity contribution < 1.29 is 97.4 Å². The fraction of sp³-hybridized carbons (Fsp3) is 0.631. The number of carboxylic acid groups (broad SMARTS) is 2. The minimum atomic E-state index is -4.57. The third-order valence-electron chi connectivity index (χ3n) is 18.0. The molecule has 6 saturated heterocycles. The van der Waals surface area contributed by atoms with Crippen molar-refractivity contribution in [2.24, 2.45) is 5.92 Å². The number of anilines is 3. The molecule has 21 nitrogen and oxygen atoms in total. The van der Waals surface area contributed by atoms with Gasteiger partial charge in [-0.15, -0.1) is 0 Å². The lowest BCUT2D eigenvalue weighted by Gasteiger charge is -2.35. The zero-order valence-corrected chi connectivity index (χ0v) is 54.7. The number of halogens is 9. The molecule has 6 aliphatic heterocycles. The number of hydrogen-bond acceptors (Lipinski definition) is 16. The molecule has 2 N–H and O–H groups in total. The highest BCUT2D eigenvalue weighted by Gasteiger charge is 2.43. The van der Waals surface area contributed by atoms with Gasteiger partial charge in [0.25, 0.3) is 0 Å². The Bertz CT molecular complexity index is 3100. The van der Waals surface area contributed by atoms with Gasteiger partial charge in [-0.1, -0.05) is 36.4 Å². The maximum Gasteiger partial charge on any atom is 0.425 e. The predicted molar refractivity (Wildman–Crippen MR) is 333 cm³/mol. The van der Waals surface area contributed by atoms with E-state index < -0.39 is 73.1 Å². The molecule has 0 bridgehead atoms. The molecule has 3 amide bonds. The number of carboxylic acids is 2. The Hall–Kier alpha value is -7.47. The van der Waals surface area contributed by atoms with Crippen molar-refractivity contribution in [1.29, 1.82) is 0 Å². The average Bonchev–Trinajstić information content (AvgIpc) is 1.75. The summed E-state index contributed by atoms with van der Waals surface area (Å²) in [7, 11) is 0. The second-order valence-corrected chi connectivity index (χ2v) is 24.9. The van der Waals surface area contributed by atoms with Crippen LogP contribution in [-0.2, 0) is 53.0 Å². The highest BCUT2D eigenvalue weighted by Crippen LogP contribution is 2.34. The summed E-state index contributed by atoms with van der Waals surface area (Å²) >= 11 is 0. The second kappa shape index (κ2) is 33.0. The molecule has 0 aromatic heterocycles. The lowest BCUT2D eigenvalue weighted by atomic mass is 10.1. The zero-order valence-electron chi connectivity index (χ0n) is 54.7. The van der Waals surface area contributed by atoms with Gasteiger partial charge in [0.15, 0.2) is 18.3 Å². The maximum absolute atomic E-state index is 12.6. The molecule has 0 spiro atoms. The first-order valence-electron chi connectivity index (χ1n) is 32.1. The topological polar surface area (TPSA) is 209 Å². The van der Waals surface area contributed by atoms with Crippen LogP contribution >= 0.6 is 0 Å². The summed E-state index contributed by atoms with van der Waals surface area (Å²) in [6.07, 6.45) is -19.1. The van der Waals surface area contributed by atoms with Gasteiger partial charge in [-0.3, -0.25) is 19.5 Å². The standard InChI is InChI=1S/C23H32F3N3O4.2C21H28F3N3O4/c1-4-32-21(30)19-6-5-9-29(19)20-14-18(8-7-16(20)2)15-27-10-12-28(13-11-27)22(31)33-17(3)23(24,25)26;1-14-3-4-16(11-18(14)27-6-5-17(13-27)19(28)29)12-25-7-9-26(10-8-25)20(30)31-15(2)21(22,23)24;1-14-5-6-16(12-18(14)27-7-3-4-17(27)19(28)29)13-25-8-10-26(11-9-25)20(30)31-15(2)21(22,23)24/h7-8,14,17,19H,4-6,9-13,15H2,1-3H3;3-4,11,15,17H,5-10,12-13H2,1-2H3,(H,28,29);5-6,12,15,17H,3-4,7-11,13H2,1-2H3,(H,28,29). The maximum atomic E-state index is 12.6. The van der Waals surface area contributed by atoms with Crippen molar-refractivity contribution in [3.63, 3.8) is 0 Å². The van der Waals surface area contributed by atoms with E-state index in [4.69, 9.17) is 4.74 Å². The minimum Gasteiger partial charge on any atom is -0.481 e. The van der Waals surface area contributed by atoms with Gasteiger partial charge in [0, 0.05) is 141 Å². The number of ether oxygens (including phenoxy) is 4. The number of aryl methyl sites for hydroxylation is 3. The van der Waals surface area contributed by atoms with E-state index in [1.807, 2.05) is 68.1 Å². The highest BCUT2D eigenvalue weighted by atomic mass is 19.4. The lowest BCUT2D eigenvalue weighted by Crippen LogP contribution is -2.49. The number of nitrogens with zero attached hydrogens (tertiary/aromatic N) is 9. The van der Waals surface area contributed by atoms with E-state index >= 15 is 0 Å². The average molecular weight is 1360 g/mol. The van der Waals surface area contributed by atoms with Gasteiger partial charge in [-0.25, -0.2) is 24.0 Å². The van der Waals surface area contributed by atoms with Crippen LogP contribution in [-0.4, -0.2) is 236 Å². The number of alkyl halides is 9. The zero-order chi connectivity index (χ0) is 69.7. The molecule has 528 valence electrons. The summed E-state index contributed by atoms with van der Waals surface area (Å²) in [5.74, 6) is -2.12. The molecule has 6 heterocycles. The molecule has 9 rings (SSSR count). The number of benzene rings is 3. The van der Waals surface area contributed by atoms with Gasteiger partial charge in [0.1, 0.15) is 12.1 Å². The van der Waals surface area contributed by atoms with Crippen molar-refractivity contribution in [3.05, 3.63) is 88.0 Å². The molecular weight excluding hydrogens is 1270 g/mol. The van der Waals surface area contributed by atoms with Gasteiger partial charge in [-0.2, -0.15) is 39.5 Å². The number of hydrogen-bond donors (Lipinski definition) is 2. The SMILES string of the molecule is CCOC(=O)C1CCCN1c1cc(CN2CCN(C(=O)OC(C)C(F)(F)F)CC2)ccc1C.Cc1ccc(CN2CCN(C(=O)OC(C)C(F)(F)F)CC2)cc1N1CCC(C(=O)O)C1.Cc1ccc(CN2CCN(C(=O)OC(C)C(F)(F)F)CC2)cc1N1CCCC1C(=O)O. The molecule has 6 fully saturated rings. The fourth-order valence-electron chi connectivity index (χ4n) is 12.2. The van der Waals surface area contributed by atoms with Crippen molar-refractivity contribution in [2.45, 2.75) is 149 Å². The quantitative estimate of drug-likeness (QED) is 0.0776. The van der Waals surface area contributed by atoms with Gasteiger partial charge in [-0.05, 0) is 132 Å². The van der Waals surface area contributed by atoms with Crippen LogP contribution in [0, 0.1) is 26.7 Å². The van der Waals surface area contributed by atoms with E-state index in [-0.39, 0.29) is 31.0 Å². The van der Waals surface area contributed by atoms with Crippen LogP contribution in [0.3, 0.4) is 0 Å². The summed E-state index contributed by atoms with van der Waals surface area (Å²) in [4.78, 5) is 87.6. The molecule has 0 radical (unpaired) electrons. The van der Waals surface area contributed by atoms with Crippen LogP contribution in [0.15, 0.2) is 54.6 Å². The smallest absolute Gasteiger partial charge is 0.425 e. The van der Waals surface area contributed by atoms with Crippen LogP contribution in [0.2, 0.25) is 0 Å². The molecule has 0 saturated carbocycles. The minimum absolute atomic E-state index is 0.192. The number of carbonyl (C=O) groups excluding carboxylic acids is 4. The van der Waals surface area contributed by atoms with E-state index in [1.54, 1.807) is 6.92 Å². The van der Waals surface area contributed by atoms with Crippen LogP contribution in [0.1, 0.15) is 93.2 Å². The Morgan fingerprint density at radius 2 is 0.800 bits per heavy atom. The summed E-state index contributed by atoms with van der Waals surface area (Å²) in [5, 5.41) is 18.7. The molecule has 95 heavy (non-hydrogen) atoms. The van der Waals surface area contributed by atoms with Crippen molar-refractivity contribution in [1.82, 2.24) is 29.4 Å².